The van der Waals surface area contributed by atoms with E-state index in [1.165, 1.54) is 37.9 Å². The highest BCUT2D eigenvalue weighted by molar-refractivity contribution is 9.10. The van der Waals surface area contributed by atoms with E-state index in [2.05, 4.69) is 107 Å². The van der Waals surface area contributed by atoms with Gasteiger partial charge in [-0.25, -0.2) is 0 Å². The van der Waals surface area contributed by atoms with Crippen LogP contribution < -0.4 is 0 Å². The lowest BCUT2D eigenvalue weighted by atomic mass is 9.90. The summed E-state index contributed by atoms with van der Waals surface area (Å²) in [7, 11) is 0. The lowest BCUT2D eigenvalue weighted by molar-refractivity contribution is 0.670. The van der Waals surface area contributed by atoms with Crippen LogP contribution in [-0.2, 0) is 0 Å². The first-order valence-corrected chi connectivity index (χ1v) is 11.5. The number of benzene rings is 6. The number of rotatable bonds is 1. The second-order valence-corrected chi connectivity index (χ2v) is 9.10. The Bertz CT molecular complexity index is 1840. The van der Waals surface area contributed by atoms with Crippen LogP contribution in [0, 0.1) is 0 Å². The fourth-order valence-corrected chi connectivity index (χ4v) is 5.66. The highest BCUT2D eigenvalue weighted by Gasteiger charge is 2.16. The number of fused-ring (bicyclic) bond motifs is 8. The van der Waals surface area contributed by atoms with E-state index in [4.69, 9.17) is 4.42 Å². The molecule has 7 aromatic rings. The molecule has 0 saturated carbocycles. The summed E-state index contributed by atoms with van der Waals surface area (Å²) < 4.78 is 7.52. The van der Waals surface area contributed by atoms with Crippen LogP contribution in [0.3, 0.4) is 0 Å². The minimum absolute atomic E-state index is 0.925. The Morgan fingerprint density at radius 3 is 1.84 bits per heavy atom. The van der Waals surface area contributed by atoms with Crippen molar-refractivity contribution in [3.8, 4) is 11.1 Å². The molecule has 6 aromatic carbocycles. The number of hydrogen-bond donors (Lipinski definition) is 0. The summed E-state index contributed by atoms with van der Waals surface area (Å²) in [4.78, 5) is 0. The molecule has 0 atom stereocenters. The van der Waals surface area contributed by atoms with Gasteiger partial charge in [0.1, 0.15) is 11.2 Å². The van der Waals surface area contributed by atoms with Crippen molar-refractivity contribution in [2.75, 3.05) is 0 Å². The van der Waals surface area contributed by atoms with Crippen molar-refractivity contribution in [1.82, 2.24) is 0 Å². The fourth-order valence-electron chi connectivity index (χ4n) is 5.09. The van der Waals surface area contributed by atoms with Gasteiger partial charge >= 0.3 is 0 Å². The maximum atomic E-state index is 6.40. The third-order valence-electron chi connectivity index (χ3n) is 6.53. The number of halogens is 1. The van der Waals surface area contributed by atoms with Gasteiger partial charge in [-0.2, -0.15) is 0 Å². The largest absolute Gasteiger partial charge is 0.455 e. The minimum Gasteiger partial charge on any atom is -0.455 e. The molecule has 0 bridgehead atoms. The number of hydrogen-bond acceptors (Lipinski definition) is 1. The molecule has 0 spiro atoms. The predicted molar refractivity (Wildman–Crippen MR) is 139 cm³/mol. The smallest absolute Gasteiger partial charge is 0.143 e. The van der Waals surface area contributed by atoms with Gasteiger partial charge in [0.25, 0.3) is 0 Å². The third-order valence-corrected chi connectivity index (χ3v) is 7.18. The van der Waals surface area contributed by atoms with Crippen LogP contribution in [0.15, 0.2) is 112 Å². The molecule has 0 saturated heterocycles. The van der Waals surface area contributed by atoms with Gasteiger partial charge in [0.15, 0.2) is 0 Å². The topological polar surface area (TPSA) is 13.1 Å². The summed E-state index contributed by atoms with van der Waals surface area (Å²) in [6.45, 7) is 0. The average Bonchev–Trinajstić information content (AvgIpc) is 3.23. The van der Waals surface area contributed by atoms with Crippen molar-refractivity contribution >= 4 is 70.2 Å². The van der Waals surface area contributed by atoms with Gasteiger partial charge in [-0.05, 0) is 56.1 Å². The van der Waals surface area contributed by atoms with Crippen molar-refractivity contribution in [3.63, 3.8) is 0 Å². The van der Waals surface area contributed by atoms with Gasteiger partial charge in [-0.1, -0.05) is 101 Å². The van der Waals surface area contributed by atoms with Crippen molar-refractivity contribution in [3.05, 3.63) is 108 Å². The zero-order valence-corrected chi connectivity index (χ0v) is 18.7. The van der Waals surface area contributed by atoms with Gasteiger partial charge in [0, 0.05) is 20.8 Å². The van der Waals surface area contributed by atoms with Crippen molar-refractivity contribution in [2.45, 2.75) is 0 Å². The van der Waals surface area contributed by atoms with Crippen molar-refractivity contribution in [1.29, 1.82) is 0 Å². The fraction of sp³-hybridized carbons (Fsp3) is 0. The molecule has 2 heteroatoms. The Hall–Kier alpha value is -3.62. The summed E-state index contributed by atoms with van der Waals surface area (Å²) in [5.74, 6) is 0. The Balaban J connectivity index is 1.69. The van der Waals surface area contributed by atoms with Gasteiger partial charge in [0.2, 0.25) is 0 Å². The summed E-state index contributed by atoms with van der Waals surface area (Å²) in [5, 5.41) is 9.78. The predicted octanol–water partition coefficient (Wildman–Crippen LogP) is 9.48. The maximum Gasteiger partial charge on any atom is 0.143 e. The van der Waals surface area contributed by atoms with Gasteiger partial charge < -0.3 is 4.42 Å². The Morgan fingerprint density at radius 2 is 1.03 bits per heavy atom. The minimum atomic E-state index is 0.925. The standard InChI is InChI=1S/C30H17BrO/c31-28-17-27-19-9-2-1-8-18(19)25(16-26(27)20-10-3-4-11-21(20)28)24-14-7-13-23-22-12-5-6-15-29(22)32-30(23)24/h1-17H. The molecule has 1 heterocycles. The lowest BCUT2D eigenvalue weighted by Gasteiger charge is -2.14. The van der Waals surface area contributed by atoms with E-state index in [0.29, 0.717) is 0 Å². The zero-order chi connectivity index (χ0) is 21.2. The molecule has 0 N–H and O–H groups in total. The second-order valence-electron chi connectivity index (χ2n) is 8.25. The monoisotopic (exact) mass is 472 g/mol. The van der Waals surface area contributed by atoms with E-state index in [9.17, 15) is 0 Å². The molecule has 32 heavy (non-hydrogen) atoms. The molecule has 1 nitrogen and oxygen atoms in total. The molecule has 0 unspecified atom stereocenters. The van der Waals surface area contributed by atoms with Crippen LogP contribution in [-0.4, -0.2) is 0 Å². The Morgan fingerprint density at radius 1 is 0.438 bits per heavy atom. The molecule has 0 radical (unpaired) electrons. The molecule has 1 aromatic heterocycles. The highest BCUT2D eigenvalue weighted by atomic mass is 79.9. The number of para-hydroxylation sites is 2. The molecule has 0 aliphatic heterocycles. The highest BCUT2D eigenvalue weighted by Crippen LogP contribution is 2.43. The van der Waals surface area contributed by atoms with Gasteiger partial charge in [-0.15, -0.1) is 0 Å². The first kappa shape index (κ1) is 18.0. The van der Waals surface area contributed by atoms with E-state index in [1.54, 1.807) is 0 Å². The van der Waals surface area contributed by atoms with Crippen LogP contribution >= 0.6 is 15.9 Å². The first-order chi connectivity index (χ1) is 15.8. The summed E-state index contributed by atoms with van der Waals surface area (Å²) in [6.07, 6.45) is 0. The molecule has 7 rings (SSSR count). The maximum absolute atomic E-state index is 6.40. The molecular formula is C30H17BrO. The lowest BCUT2D eigenvalue weighted by Crippen LogP contribution is -1.87. The average molecular weight is 473 g/mol. The van der Waals surface area contributed by atoms with Gasteiger partial charge in [0.05, 0.1) is 0 Å². The quantitative estimate of drug-likeness (QED) is 0.217. The third kappa shape index (κ3) is 2.44. The van der Waals surface area contributed by atoms with Gasteiger partial charge in [-0.3, -0.25) is 0 Å². The summed E-state index contributed by atoms with van der Waals surface area (Å²) >= 11 is 3.80. The summed E-state index contributed by atoms with van der Waals surface area (Å²) in [6, 6.07) is 36.6. The van der Waals surface area contributed by atoms with E-state index in [1.807, 2.05) is 12.1 Å². The normalized spacial score (nSPS) is 11.9. The summed E-state index contributed by atoms with van der Waals surface area (Å²) in [5.41, 5.74) is 4.20. The SMILES string of the molecule is Brc1cc2c3ccccc3c(-c3cccc4c3oc3ccccc34)cc2c2ccccc12. The van der Waals surface area contributed by atoms with E-state index < -0.39 is 0 Å². The molecule has 0 aliphatic rings. The molecule has 0 amide bonds. The molecule has 0 aliphatic carbocycles. The molecular weight excluding hydrogens is 456 g/mol. The van der Waals surface area contributed by atoms with Crippen LogP contribution in [0.25, 0.3) is 65.4 Å². The first-order valence-electron chi connectivity index (χ1n) is 10.7. The van der Waals surface area contributed by atoms with Crippen LogP contribution in [0.4, 0.5) is 0 Å². The van der Waals surface area contributed by atoms with Crippen LogP contribution in [0.1, 0.15) is 0 Å². The van der Waals surface area contributed by atoms with Crippen LogP contribution in [0.2, 0.25) is 0 Å². The Labute approximate surface area is 193 Å². The molecule has 150 valence electrons. The Kier molecular flexibility index (Phi) is 3.76. The van der Waals surface area contributed by atoms with E-state index >= 15 is 0 Å². The van der Waals surface area contributed by atoms with Crippen LogP contribution in [0.5, 0.6) is 0 Å². The van der Waals surface area contributed by atoms with Crippen molar-refractivity contribution < 1.29 is 4.42 Å². The van der Waals surface area contributed by atoms with Crippen molar-refractivity contribution in [2.24, 2.45) is 0 Å². The van der Waals surface area contributed by atoms with E-state index in [-0.39, 0.29) is 0 Å². The second kappa shape index (κ2) is 6.69. The van der Waals surface area contributed by atoms with E-state index in [0.717, 1.165) is 32.0 Å². The molecule has 0 fully saturated rings. The zero-order valence-electron chi connectivity index (χ0n) is 17.1. The number of furan rings is 1.